The van der Waals surface area contributed by atoms with E-state index >= 15 is 0 Å². The number of hydrogen-bond donors (Lipinski definition) is 1. The van der Waals surface area contributed by atoms with Crippen molar-refractivity contribution in [1.29, 1.82) is 0 Å². The summed E-state index contributed by atoms with van der Waals surface area (Å²) in [4.78, 5) is 0. The van der Waals surface area contributed by atoms with E-state index in [4.69, 9.17) is 0 Å². The van der Waals surface area contributed by atoms with Crippen molar-refractivity contribution in [3.8, 4) is 0 Å². The summed E-state index contributed by atoms with van der Waals surface area (Å²) in [6.45, 7) is 20.2. The topological polar surface area (TPSA) is 20.2 Å². The van der Waals surface area contributed by atoms with E-state index in [1.54, 1.807) is 0 Å². The van der Waals surface area contributed by atoms with Gasteiger partial charge in [0.1, 0.15) is 0 Å². The summed E-state index contributed by atoms with van der Waals surface area (Å²) in [7, 11) is 0. The molecular weight excluding hydrogens is 388 g/mol. The molecule has 5 saturated carbocycles. The average molecular weight is 443 g/mol. The van der Waals surface area contributed by atoms with Crippen molar-refractivity contribution in [2.75, 3.05) is 0 Å². The molecule has 0 saturated heterocycles. The molecule has 10 atom stereocenters. The lowest BCUT2D eigenvalue weighted by Gasteiger charge is -2.63. The molecule has 0 aromatic heterocycles. The summed E-state index contributed by atoms with van der Waals surface area (Å²) in [5.74, 6) is 5.20. The van der Waals surface area contributed by atoms with Crippen molar-refractivity contribution in [2.45, 2.75) is 132 Å². The summed E-state index contributed by atoms with van der Waals surface area (Å²) in [5, 5.41) is 10.9. The van der Waals surface area contributed by atoms with Gasteiger partial charge in [0.15, 0.2) is 0 Å². The van der Waals surface area contributed by atoms with Gasteiger partial charge < -0.3 is 5.11 Å². The Morgan fingerprint density at radius 3 is 2.06 bits per heavy atom. The molecule has 0 bridgehead atoms. The predicted molar refractivity (Wildman–Crippen MR) is 135 cm³/mol. The fourth-order valence-corrected chi connectivity index (χ4v) is 11.4. The molecule has 0 aromatic rings. The van der Waals surface area contributed by atoms with Crippen LogP contribution in [0.5, 0.6) is 0 Å². The molecule has 0 amide bonds. The molecule has 0 aliphatic heterocycles. The van der Waals surface area contributed by atoms with Crippen LogP contribution in [-0.4, -0.2) is 11.2 Å². The summed E-state index contributed by atoms with van der Waals surface area (Å²) in [5.41, 5.74) is 2.42. The molecule has 184 valence electrons. The van der Waals surface area contributed by atoms with Gasteiger partial charge in [-0.15, -0.1) is 0 Å². The molecule has 5 fully saturated rings. The van der Waals surface area contributed by atoms with Crippen LogP contribution in [0.2, 0.25) is 0 Å². The lowest BCUT2D eigenvalue weighted by Crippen LogP contribution is -2.57. The molecular formula is C31H54O. The maximum absolute atomic E-state index is 10.9. The van der Waals surface area contributed by atoms with Gasteiger partial charge in [-0.2, -0.15) is 0 Å². The van der Waals surface area contributed by atoms with Gasteiger partial charge in [0.2, 0.25) is 0 Å². The second kappa shape index (κ2) is 7.24. The first-order valence-electron chi connectivity index (χ1n) is 14.5. The highest BCUT2D eigenvalue weighted by atomic mass is 16.3. The number of aliphatic hydroxyl groups excluding tert-OH is 1. The van der Waals surface area contributed by atoms with Gasteiger partial charge in [-0.3, -0.25) is 0 Å². The largest absolute Gasteiger partial charge is 0.393 e. The highest BCUT2D eigenvalue weighted by molar-refractivity contribution is 5.30. The second-order valence-corrected chi connectivity index (χ2v) is 15.3. The first kappa shape index (κ1) is 23.7. The van der Waals surface area contributed by atoms with Crippen molar-refractivity contribution in [3.63, 3.8) is 0 Å². The molecule has 32 heavy (non-hydrogen) atoms. The van der Waals surface area contributed by atoms with E-state index in [1.807, 2.05) is 0 Å². The van der Waals surface area contributed by atoms with Gasteiger partial charge in [0, 0.05) is 0 Å². The smallest absolute Gasteiger partial charge is 0.0594 e. The summed E-state index contributed by atoms with van der Waals surface area (Å²) in [6.07, 6.45) is 15.4. The molecule has 1 heteroatoms. The van der Waals surface area contributed by atoms with Gasteiger partial charge in [-0.05, 0) is 120 Å². The van der Waals surface area contributed by atoms with Gasteiger partial charge in [-0.25, -0.2) is 0 Å². The number of hydrogen-bond acceptors (Lipinski definition) is 1. The van der Waals surface area contributed by atoms with Gasteiger partial charge >= 0.3 is 0 Å². The monoisotopic (exact) mass is 442 g/mol. The van der Waals surface area contributed by atoms with Crippen LogP contribution in [0.25, 0.3) is 0 Å². The van der Waals surface area contributed by atoms with Gasteiger partial charge in [0.05, 0.1) is 6.10 Å². The van der Waals surface area contributed by atoms with Crippen LogP contribution >= 0.6 is 0 Å². The summed E-state index contributed by atoms with van der Waals surface area (Å²) >= 11 is 0. The van der Waals surface area contributed by atoms with Crippen molar-refractivity contribution in [2.24, 2.45) is 62.6 Å². The number of rotatable bonds is 5. The van der Waals surface area contributed by atoms with E-state index < -0.39 is 0 Å². The lowest BCUT2D eigenvalue weighted by molar-refractivity contribution is -0.161. The Morgan fingerprint density at radius 1 is 0.719 bits per heavy atom. The highest BCUT2D eigenvalue weighted by Gasteiger charge is 2.82. The Kier molecular flexibility index (Phi) is 5.36. The maximum atomic E-state index is 10.9. The molecule has 1 nitrogen and oxygen atoms in total. The van der Waals surface area contributed by atoms with Crippen LogP contribution in [0, 0.1) is 62.6 Å². The second-order valence-electron chi connectivity index (χ2n) is 15.3. The van der Waals surface area contributed by atoms with E-state index in [0.717, 1.165) is 41.9 Å². The fourth-order valence-electron chi connectivity index (χ4n) is 11.4. The minimum Gasteiger partial charge on any atom is -0.393 e. The van der Waals surface area contributed by atoms with Crippen LogP contribution in [0.4, 0.5) is 0 Å². The Bertz CT molecular complexity index is 739. The maximum Gasteiger partial charge on any atom is 0.0594 e. The van der Waals surface area contributed by atoms with Crippen molar-refractivity contribution in [3.05, 3.63) is 0 Å². The highest BCUT2D eigenvalue weighted by Crippen LogP contribution is 2.89. The van der Waals surface area contributed by atoms with E-state index in [2.05, 4.69) is 55.4 Å². The SMILES string of the molecule is CC(C)C(C)CCC(C)[C@H]1CC[C@@]2(C)C3CCC4C(C)(C)[C@@H](O)CC[C@@]45C[C@@]35CC[C@]12C. The molecule has 0 heterocycles. The van der Waals surface area contributed by atoms with E-state index in [-0.39, 0.29) is 11.5 Å². The first-order valence-corrected chi connectivity index (χ1v) is 14.5. The molecule has 5 aliphatic carbocycles. The summed E-state index contributed by atoms with van der Waals surface area (Å²) in [6, 6.07) is 0. The predicted octanol–water partition coefficient (Wildman–Crippen LogP) is 8.49. The van der Waals surface area contributed by atoms with Crippen LogP contribution in [0.3, 0.4) is 0 Å². The zero-order chi connectivity index (χ0) is 23.3. The van der Waals surface area contributed by atoms with Crippen molar-refractivity contribution >= 4 is 0 Å². The zero-order valence-corrected chi connectivity index (χ0v) is 22.8. The van der Waals surface area contributed by atoms with Gasteiger partial charge in [-0.1, -0.05) is 68.2 Å². The average Bonchev–Trinajstić information content (AvgIpc) is 3.31. The third-order valence-electron chi connectivity index (χ3n) is 14.1. The molecule has 5 aliphatic rings. The minimum absolute atomic E-state index is 0.0818. The molecule has 4 unspecified atom stereocenters. The van der Waals surface area contributed by atoms with Crippen LogP contribution in [-0.2, 0) is 0 Å². The molecule has 0 aromatic carbocycles. The Hall–Kier alpha value is -0.0400. The molecule has 2 spiro atoms. The van der Waals surface area contributed by atoms with E-state index in [1.165, 1.54) is 64.2 Å². The third-order valence-corrected chi connectivity index (χ3v) is 14.1. The van der Waals surface area contributed by atoms with Crippen LogP contribution in [0.15, 0.2) is 0 Å². The van der Waals surface area contributed by atoms with Crippen molar-refractivity contribution < 1.29 is 5.11 Å². The summed E-state index contributed by atoms with van der Waals surface area (Å²) < 4.78 is 0. The third kappa shape index (κ3) is 2.79. The van der Waals surface area contributed by atoms with E-state index in [9.17, 15) is 5.11 Å². The van der Waals surface area contributed by atoms with Crippen LogP contribution < -0.4 is 0 Å². The fraction of sp³-hybridized carbons (Fsp3) is 1.00. The Labute approximate surface area is 199 Å². The van der Waals surface area contributed by atoms with Crippen molar-refractivity contribution in [1.82, 2.24) is 0 Å². The standard InChI is InChI=1S/C31H54O/c1-20(2)21(3)9-10-22(4)23-13-15-29(8)25-12-11-24-27(5,6)26(32)14-16-30(24)19-31(25,30)18-17-28(23,29)7/h20-26,32H,9-19H2,1-8H3/t21?,22?,23-,24?,25?,26+,28-,29+,30-,31+/m1/s1. The molecule has 1 N–H and O–H groups in total. The Morgan fingerprint density at radius 2 is 1.38 bits per heavy atom. The lowest BCUT2D eigenvalue weighted by atomic mass is 9.41. The molecule has 0 radical (unpaired) electrons. The molecule has 5 rings (SSSR count). The Balaban J connectivity index is 1.38. The number of aliphatic hydroxyl groups is 1. The normalized spacial score (nSPS) is 53.1. The zero-order valence-electron chi connectivity index (χ0n) is 22.8. The minimum atomic E-state index is -0.0818. The van der Waals surface area contributed by atoms with Crippen LogP contribution in [0.1, 0.15) is 126 Å². The quantitative estimate of drug-likeness (QED) is 0.452. The van der Waals surface area contributed by atoms with E-state index in [0.29, 0.717) is 21.7 Å². The first-order chi connectivity index (χ1) is 14.9. The van der Waals surface area contributed by atoms with Gasteiger partial charge in [0.25, 0.3) is 0 Å². The number of fused-ring (bicyclic) bond motifs is 2.